The summed E-state index contributed by atoms with van der Waals surface area (Å²) in [5.41, 5.74) is 23.4. The monoisotopic (exact) mass is 1230 g/mol. The lowest BCUT2D eigenvalue weighted by molar-refractivity contribution is -0.433. The van der Waals surface area contributed by atoms with Gasteiger partial charge in [0, 0.05) is 88.3 Å². The Bertz CT molecular complexity index is 6520. The molecule has 6 aromatic heterocycles. The number of amidine groups is 1. The van der Waals surface area contributed by atoms with E-state index in [1.165, 1.54) is 32.6 Å². The molecule has 0 spiro atoms. The molecule has 0 saturated carbocycles. The van der Waals surface area contributed by atoms with Crippen LogP contribution in [0.25, 0.3) is 160 Å². The maximum atomic E-state index is 9.47. The van der Waals surface area contributed by atoms with E-state index in [1.807, 2.05) is 65.2 Å². The minimum atomic E-state index is 0.413. The summed E-state index contributed by atoms with van der Waals surface area (Å²) in [6.07, 6.45) is 1.98. The van der Waals surface area contributed by atoms with Crippen molar-refractivity contribution in [1.29, 1.82) is 5.41 Å². The number of quaternary nitrogens is 1. The van der Waals surface area contributed by atoms with Crippen molar-refractivity contribution in [2.24, 2.45) is 4.99 Å². The highest BCUT2D eigenvalue weighted by Gasteiger charge is 2.27. The van der Waals surface area contributed by atoms with Crippen molar-refractivity contribution in [3.63, 3.8) is 0 Å². The third-order valence-electron chi connectivity index (χ3n) is 19.5. The Hall–Kier alpha value is -13.0. The van der Waals surface area contributed by atoms with Gasteiger partial charge in [-0.2, -0.15) is 10.1 Å². The van der Waals surface area contributed by atoms with Crippen LogP contribution in [0, 0.1) is 5.41 Å². The largest absolute Gasteiger partial charge is 0.455 e. The molecule has 0 saturated heterocycles. The van der Waals surface area contributed by atoms with E-state index in [1.54, 1.807) is 0 Å². The summed E-state index contributed by atoms with van der Waals surface area (Å²) in [5, 5.41) is 26.9. The summed E-state index contributed by atoms with van der Waals surface area (Å²) in [6, 6.07) is 107. The molecule has 0 unspecified atom stereocenters. The molecule has 0 bridgehead atoms. The first-order valence-electron chi connectivity index (χ1n) is 32.4. The number of nitrogens with zero attached hydrogens (tertiary/aromatic N) is 7. The lowest BCUT2D eigenvalue weighted by Gasteiger charge is -2.18. The fourth-order valence-corrected chi connectivity index (χ4v) is 15.0. The van der Waals surface area contributed by atoms with Crippen molar-refractivity contribution in [3.05, 3.63) is 326 Å². The van der Waals surface area contributed by atoms with Crippen LogP contribution >= 0.6 is 0 Å². The van der Waals surface area contributed by atoms with Crippen LogP contribution in [-0.4, -0.2) is 39.8 Å². The van der Waals surface area contributed by atoms with Gasteiger partial charge >= 0.3 is 0 Å². The van der Waals surface area contributed by atoms with Crippen molar-refractivity contribution < 1.29 is 9.73 Å². The Balaban J connectivity index is 0.674. The number of hydrogen-bond acceptors (Lipinski definition) is 5. The van der Waals surface area contributed by atoms with Crippen LogP contribution in [0.4, 0.5) is 5.69 Å². The van der Waals surface area contributed by atoms with Crippen molar-refractivity contribution in [2.45, 2.75) is 0 Å². The van der Waals surface area contributed by atoms with Crippen LogP contribution < -0.4 is 5.32 Å². The number of allylic oxidation sites excluding steroid dienone is 1. The van der Waals surface area contributed by atoms with Gasteiger partial charge in [0.05, 0.1) is 72.4 Å². The van der Waals surface area contributed by atoms with Gasteiger partial charge in [-0.3, -0.25) is 5.32 Å². The predicted octanol–water partition coefficient (Wildman–Crippen LogP) is 20.1. The molecule has 0 fully saturated rings. The van der Waals surface area contributed by atoms with Crippen molar-refractivity contribution in [2.75, 3.05) is 0 Å². The first-order chi connectivity index (χ1) is 47.5. The molecule has 1 aliphatic rings. The summed E-state index contributed by atoms with van der Waals surface area (Å²) in [5.74, 6) is 1.60. The number of hydrogen-bond donors (Lipinski definition) is 2. The molecule has 10 nitrogen and oxygen atoms in total. The summed E-state index contributed by atoms with van der Waals surface area (Å²) in [7, 11) is 0. The first-order valence-corrected chi connectivity index (χ1v) is 32.4. The lowest BCUT2D eigenvalue weighted by Crippen LogP contribution is -2.86. The smallest absolute Gasteiger partial charge is 0.237 e. The fourth-order valence-electron chi connectivity index (χ4n) is 15.0. The van der Waals surface area contributed by atoms with E-state index in [-0.39, 0.29) is 0 Å². The highest BCUT2D eigenvalue weighted by molar-refractivity contribution is 6.21. The van der Waals surface area contributed by atoms with Crippen LogP contribution in [0.2, 0.25) is 0 Å². The third-order valence-corrected chi connectivity index (χ3v) is 19.5. The minimum Gasteiger partial charge on any atom is -0.455 e. The molecule has 0 radical (unpaired) electrons. The number of para-hydroxylation sites is 6. The van der Waals surface area contributed by atoms with Gasteiger partial charge in [-0.1, -0.05) is 176 Å². The Morgan fingerprint density at radius 2 is 0.896 bits per heavy atom. The SMILES string of the molecule is N=C(C=C1[NH2+]C(c2ccc(-n3c4ccccc4c4cc5c(cc43)c3ccccc3n5-c3ccccc3)cc2)=Nc2ccc(-c3cccc4c3oc3cc5c6ccccc6n(-c6ccc(-c7nc8ccccc8c8cc(-c9ccccc9)nn78)cc6)c5cc34)cc21)c1ccccc1. The van der Waals surface area contributed by atoms with E-state index in [2.05, 4.69) is 268 Å². The molecule has 20 rings (SSSR count). The Kier molecular flexibility index (Phi) is 11.7. The molecule has 1 aliphatic heterocycles. The van der Waals surface area contributed by atoms with E-state index >= 15 is 0 Å². The number of rotatable bonds is 9. The lowest BCUT2D eigenvalue weighted by atomic mass is 9.96. The second-order valence-corrected chi connectivity index (χ2v) is 24.9. The summed E-state index contributed by atoms with van der Waals surface area (Å²) < 4.78 is 16.2. The number of furan rings is 1. The summed E-state index contributed by atoms with van der Waals surface area (Å²) in [6.45, 7) is 0. The average molecular weight is 1230 g/mol. The molecule has 7 heterocycles. The van der Waals surface area contributed by atoms with E-state index in [4.69, 9.17) is 19.5 Å². The maximum Gasteiger partial charge on any atom is 0.237 e. The van der Waals surface area contributed by atoms with Crippen LogP contribution in [0.3, 0.4) is 0 Å². The van der Waals surface area contributed by atoms with E-state index in [0.717, 1.165) is 156 Å². The highest BCUT2D eigenvalue weighted by atomic mass is 16.3. The molecular formula is C86H54N9O+. The molecule has 96 heavy (non-hydrogen) atoms. The number of nitrogens with two attached hydrogens (primary N) is 1. The van der Waals surface area contributed by atoms with Gasteiger partial charge < -0.3 is 23.5 Å². The van der Waals surface area contributed by atoms with Gasteiger partial charge in [-0.25, -0.2) is 9.50 Å². The molecule has 3 N–H and O–H groups in total. The average Bonchev–Trinajstić information content (AvgIpc) is 1.56. The fraction of sp³-hybridized carbons (Fsp3) is 0. The summed E-state index contributed by atoms with van der Waals surface area (Å²) in [4.78, 5) is 10.6. The molecule has 19 aromatic rings. The quantitative estimate of drug-likeness (QED) is 0.140. The van der Waals surface area contributed by atoms with Crippen LogP contribution in [0.5, 0.6) is 0 Å². The van der Waals surface area contributed by atoms with Crippen molar-refractivity contribution in [1.82, 2.24) is 28.3 Å². The highest BCUT2D eigenvalue weighted by Crippen LogP contribution is 2.44. The van der Waals surface area contributed by atoms with E-state index < -0.39 is 0 Å². The van der Waals surface area contributed by atoms with Gasteiger partial charge in [-0.05, 0) is 139 Å². The molecular weight excluding hydrogens is 1180 g/mol. The number of benzene rings is 13. The topological polar surface area (TPSA) is 111 Å². The first kappa shape index (κ1) is 53.6. The predicted molar refractivity (Wildman–Crippen MR) is 393 cm³/mol. The molecule has 0 aliphatic carbocycles. The molecule has 0 atom stereocenters. The Morgan fingerprint density at radius 3 is 1.54 bits per heavy atom. The van der Waals surface area contributed by atoms with Crippen molar-refractivity contribution in [3.8, 4) is 50.8 Å². The second kappa shape index (κ2) is 21.0. The Morgan fingerprint density at radius 1 is 0.375 bits per heavy atom. The van der Waals surface area contributed by atoms with Crippen LogP contribution in [-0.2, 0) is 0 Å². The zero-order valence-electron chi connectivity index (χ0n) is 51.6. The third kappa shape index (κ3) is 8.29. The minimum absolute atomic E-state index is 0.413. The zero-order chi connectivity index (χ0) is 63.1. The van der Waals surface area contributed by atoms with Gasteiger partial charge in [0.25, 0.3) is 0 Å². The van der Waals surface area contributed by atoms with Gasteiger partial charge in [0.1, 0.15) is 16.9 Å². The zero-order valence-corrected chi connectivity index (χ0v) is 51.6. The standard InChI is InChI=1S/C86H53N9O/c87-71(52-19-4-1-5-20-52)50-75-70-45-56(39-44-73(70)88-85(89-75)54-35-40-58(41-36-54)93-77-33-16-12-26-62(77)67-46-79-66(47-80(67)93)61-25-11-15-32-76(61)92(79)57-23-8-3-9-24-57)60-29-18-30-64-69-48-81-68(49-83(69)96-84(60)64)63-27-13-17-34-78(63)94(81)59-42-37-55(38-43-59)86-90-72-31-14-10-28-65(72)82-51-74(91-95(82)86)53-21-6-2-7-22-53/h1-51,87H,(H,88,89)/p+1. The van der Waals surface area contributed by atoms with E-state index in [0.29, 0.717) is 5.71 Å². The van der Waals surface area contributed by atoms with Crippen LogP contribution in [0.1, 0.15) is 16.7 Å². The number of aliphatic imine (C=N–C) groups is 1. The molecule has 13 aromatic carbocycles. The number of fused-ring (bicyclic) bond motifs is 16. The molecule has 0 amide bonds. The van der Waals surface area contributed by atoms with Crippen molar-refractivity contribution >= 4 is 127 Å². The van der Waals surface area contributed by atoms with Crippen LogP contribution in [0.15, 0.2) is 319 Å². The van der Waals surface area contributed by atoms with Gasteiger partial charge in [0.15, 0.2) is 5.82 Å². The number of nitrogens with one attached hydrogen (secondary N) is 1. The van der Waals surface area contributed by atoms with E-state index in [9.17, 15) is 5.41 Å². The van der Waals surface area contributed by atoms with Gasteiger partial charge in [-0.15, -0.1) is 0 Å². The maximum absolute atomic E-state index is 9.47. The molecule has 10 heteroatoms. The normalized spacial score (nSPS) is 13.1. The Labute approximate surface area is 548 Å². The molecule has 448 valence electrons. The summed E-state index contributed by atoms with van der Waals surface area (Å²) >= 11 is 0. The second-order valence-electron chi connectivity index (χ2n) is 24.9. The van der Waals surface area contributed by atoms with Gasteiger partial charge in [0.2, 0.25) is 5.84 Å². The number of aromatic nitrogens is 6.